The smallest absolute Gasteiger partial charge is 0.354 e. The minimum absolute atomic E-state index is 0.0448. The summed E-state index contributed by atoms with van der Waals surface area (Å²) in [6, 6.07) is 13.5. The average Bonchev–Trinajstić information content (AvgIpc) is 2.99. The minimum Gasteiger partial charge on any atom is -0.477 e. The predicted octanol–water partition coefficient (Wildman–Crippen LogP) is 4.66. The third-order valence-corrected chi connectivity index (χ3v) is 4.70. The second kappa shape index (κ2) is 7.07. The van der Waals surface area contributed by atoms with E-state index in [1.54, 1.807) is 24.3 Å². The summed E-state index contributed by atoms with van der Waals surface area (Å²) in [4.78, 5) is 15.6. The lowest BCUT2D eigenvalue weighted by molar-refractivity contribution is 0.0687. The summed E-state index contributed by atoms with van der Waals surface area (Å²) in [5, 5.41) is 10.2. The van der Waals surface area contributed by atoms with Crippen molar-refractivity contribution in [2.45, 2.75) is 10.9 Å². The van der Waals surface area contributed by atoms with E-state index in [0.717, 1.165) is 0 Å². The number of nitrogens with zero attached hydrogens (tertiary/aromatic N) is 2. The number of carbonyl (C=O) groups is 1. The third kappa shape index (κ3) is 3.29. The largest absolute Gasteiger partial charge is 0.477 e. The molecule has 122 valence electrons. The first-order valence-electron chi connectivity index (χ1n) is 7.00. The average molecular weight is 363 g/mol. The van der Waals surface area contributed by atoms with Crippen LogP contribution in [-0.2, 0) is 5.75 Å². The number of carboxylic acid groups (broad SMARTS) is 1. The second-order valence-electron chi connectivity index (χ2n) is 4.89. The molecule has 0 amide bonds. The first kappa shape index (κ1) is 16.5. The molecule has 0 saturated heterocycles. The van der Waals surface area contributed by atoms with E-state index in [0.29, 0.717) is 21.4 Å². The van der Waals surface area contributed by atoms with Crippen molar-refractivity contribution in [3.8, 4) is 5.69 Å². The van der Waals surface area contributed by atoms with Gasteiger partial charge in [-0.05, 0) is 24.3 Å². The van der Waals surface area contributed by atoms with Gasteiger partial charge in [0.25, 0.3) is 0 Å². The number of aromatic nitrogens is 2. The summed E-state index contributed by atoms with van der Waals surface area (Å²) in [6.07, 6.45) is 1.29. The maximum atomic E-state index is 13.9. The molecule has 4 nitrogen and oxygen atoms in total. The molecule has 0 aliphatic carbocycles. The Morgan fingerprint density at radius 1 is 1.21 bits per heavy atom. The van der Waals surface area contributed by atoms with Crippen molar-refractivity contribution >= 4 is 29.3 Å². The number of hydrogen-bond donors (Lipinski definition) is 1. The van der Waals surface area contributed by atoms with Gasteiger partial charge in [0.1, 0.15) is 5.82 Å². The van der Waals surface area contributed by atoms with Gasteiger partial charge in [0.05, 0.1) is 6.20 Å². The Morgan fingerprint density at radius 2 is 1.96 bits per heavy atom. The molecule has 0 fully saturated rings. The first-order chi connectivity index (χ1) is 11.6. The zero-order chi connectivity index (χ0) is 17.1. The van der Waals surface area contributed by atoms with Gasteiger partial charge in [-0.15, -0.1) is 0 Å². The molecule has 7 heteroatoms. The molecule has 0 saturated carbocycles. The van der Waals surface area contributed by atoms with Gasteiger partial charge in [0.15, 0.2) is 10.9 Å². The van der Waals surface area contributed by atoms with Crippen molar-refractivity contribution in [1.29, 1.82) is 0 Å². The zero-order valence-electron chi connectivity index (χ0n) is 12.3. The van der Waals surface area contributed by atoms with Crippen molar-refractivity contribution in [1.82, 2.24) is 9.55 Å². The minimum atomic E-state index is -1.08. The number of imidazole rings is 1. The lowest BCUT2D eigenvalue weighted by Gasteiger charge is -2.10. The van der Waals surface area contributed by atoms with Gasteiger partial charge >= 0.3 is 5.97 Å². The highest BCUT2D eigenvalue weighted by Crippen LogP contribution is 2.30. The van der Waals surface area contributed by atoms with E-state index in [1.807, 2.05) is 18.2 Å². The van der Waals surface area contributed by atoms with Crippen LogP contribution >= 0.6 is 23.4 Å². The van der Waals surface area contributed by atoms with E-state index in [9.17, 15) is 14.3 Å². The fraction of sp³-hybridized carbons (Fsp3) is 0.0588. The summed E-state index contributed by atoms with van der Waals surface area (Å²) in [7, 11) is 0. The van der Waals surface area contributed by atoms with Gasteiger partial charge in [-0.2, -0.15) is 0 Å². The van der Waals surface area contributed by atoms with Gasteiger partial charge in [0, 0.05) is 22.0 Å². The van der Waals surface area contributed by atoms with E-state index < -0.39 is 11.8 Å². The van der Waals surface area contributed by atoms with Crippen molar-refractivity contribution in [2.24, 2.45) is 0 Å². The highest BCUT2D eigenvalue weighted by molar-refractivity contribution is 7.98. The van der Waals surface area contributed by atoms with Crippen molar-refractivity contribution in [2.75, 3.05) is 0 Å². The molecular weight excluding hydrogens is 351 g/mol. The lowest BCUT2D eigenvalue weighted by Crippen LogP contribution is -2.07. The Kier molecular flexibility index (Phi) is 4.87. The Labute approximate surface area is 146 Å². The number of para-hydroxylation sites is 1. The van der Waals surface area contributed by atoms with E-state index in [4.69, 9.17) is 11.6 Å². The fourth-order valence-corrected chi connectivity index (χ4v) is 3.56. The van der Waals surface area contributed by atoms with Crippen LogP contribution in [0.2, 0.25) is 5.02 Å². The van der Waals surface area contributed by atoms with Crippen LogP contribution in [-0.4, -0.2) is 20.6 Å². The lowest BCUT2D eigenvalue weighted by atomic mass is 10.2. The number of aromatic carboxylic acids is 1. The van der Waals surface area contributed by atoms with Crippen LogP contribution in [0.25, 0.3) is 5.69 Å². The standard InChI is InChI=1S/C17H12ClFN2O2S/c18-13-7-4-8-14(19)12(13)10-24-17-20-9-15(16(22)23)21(17)11-5-2-1-3-6-11/h1-9H,10H2,(H,22,23). The Morgan fingerprint density at radius 3 is 2.62 bits per heavy atom. The molecule has 1 aromatic heterocycles. The third-order valence-electron chi connectivity index (χ3n) is 3.37. The van der Waals surface area contributed by atoms with E-state index in [-0.39, 0.29) is 11.4 Å². The summed E-state index contributed by atoms with van der Waals surface area (Å²) in [6.45, 7) is 0. The summed E-state index contributed by atoms with van der Waals surface area (Å²) in [5.74, 6) is -1.23. The highest BCUT2D eigenvalue weighted by atomic mass is 35.5. The van der Waals surface area contributed by atoms with E-state index in [1.165, 1.54) is 28.6 Å². The van der Waals surface area contributed by atoms with Gasteiger partial charge in [0.2, 0.25) is 0 Å². The molecule has 0 unspecified atom stereocenters. The quantitative estimate of drug-likeness (QED) is 0.671. The molecule has 0 radical (unpaired) electrons. The normalized spacial score (nSPS) is 10.8. The maximum absolute atomic E-state index is 13.9. The molecular formula is C17H12ClFN2O2S. The number of halogens is 2. The van der Waals surface area contributed by atoms with Crippen LogP contribution in [0.1, 0.15) is 16.1 Å². The molecule has 0 aliphatic rings. The van der Waals surface area contributed by atoms with Crippen LogP contribution < -0.4 is 0 Å². The molecule has 0 atom stereocenters. The summed E-state index contributed by atoms with van der Waals surface area (Å²) in [5.41, 5.74) is 1.08. The van der Waals surface area contributed by atoms with Crippen LogP contribution in [0.4, 0.5) is 4.39 Å². The summed E-state index contributed by atoms with van der Waals surface area (Å²) < 4.78 is 15.4. The van der Waals surface area contributed by atoms with Gasteiger partial charge in [-0.3, -0.25) is 4.57 Å². The molecule has 0 aliphatic heterocycles. The van der Waals surface area contributed by atoms with Crippen molar-refractivity contribution < 1.29 is 14.3 Å². The number of hydrogen-bond acceptors (Lipinski definition) is 3. The van der Waals surface area contributed by atoms with Gasteiger partial charge in [-0.1, -0.05) is 47.6 Å². The second-order valence-corrected chi connectivity index (χ2v) is 6.24. The van der Waals surface area contributed by atoms with E-state index >= 15 is 0 Å². The Balaban J connectivity index is 1.96. The Bertz CT molecular complexity index is 863. The van der Waals surface area contributed by atoms with Crippen LogP contribution in [0, 0.1) is 5.82 Å². The monoisotopic (exact) mass is 362 g/mol. The highest BCUT2D eigenvalue weighted by Gasteiger charge is 2.18. The first-order valence-corrected chi connectivity index (χ1v) is 8.36. The van der Waals surface area contributed by atoms with Crippen LogP contribution in [0.3, 0.4) is 0 Å². The molecule has 1 N–H and O–H groups in total. The topological polar surface area (TPSA) is 55.1 Å². The van der Waals surface area contributed by atoms with Crippen LogP contribution in [0.15, 0.2) is 59.9 Å². The predicted molar refractivity (Wildman–Crippen MR) is 91.5 cm³/mol. The Hall–Kier alpha value is -2.31. The molecule has 3 rings (SSSR count). The number of benzene rings is 2. The molecule has 24 heavy (non-hydrogen) atoms. The number of thioether (sulfide) groups is 1. The molecule has 1 heterocycles. The SMILES string of the molecule is O=C(O)c1cnc(SCc2c(F)cccc2Cl)n1-c1ccccc1. The van der Waals surface area contributed by atoms with Crippen molar-refractivity contribution in [3.63, 3.8) is 0 Å². The molecule has 2 aromatic carbocycles. The van der Waals surface area contributed by atoms with Gasteiger partial charge < -0.3 is 5.11 Å². The van der Waals surface area contributed by atoms with Gasteiger partial charge in [-0.25, -0.2) is 14.2 Å². The molecule has 3 aromatic rings. The maximum Gasteiger partial charge on any atom is 0.354 e. The summed E-state index contributed by atoms with van der Waals surface area (Å²) >= 11 is 7.26. The fourth-order valence-electron chi connectivity index (χ4n) is 2.22. The van der Waals surface area contributed by atoms with E-state index in [2.05, 4.69) is 4.98 Å². The number of rotatable bonds is 5. The van der Waals surface area contributed by atoms with Crippen molar-refractivity contribution in [3.05, 3.63) is 76.8 Å². The molecule has 0 bridgehead atoms. The van der Waals surface area contributed by atoms with Crippen LogP contribution in [0.5, 0.6) is 0 Å². The molecule has 0 spiro atoms. The zero-order valence-corrected chi connectivity index (χ0v) is 13.9. The number of carboxylic acids is 1.